The van der Waals surface area contributed by atoms with Crippen LogP contribution in [0.3, 0.4) is 0 Å². The van der Waals surface area contributed by atoms with E-state index in [1.54, 1.807) is 12.1 Å². The number of thiazole rings is 1. The van der Waals surface area contributed by atoms with E-state index in [-0.39, 0.29) is 41.3 Å². The number of piperidine rings is 1. The highest BCUT2D eigenvalue weighted by Gasteiger charge is 2.30. The molecule has 2 aromatic carbocycles. The van der Waals surface area contributed by atoms with E-state index >= 15 is 0 Å². The molecule has 1 aliphatic rings. The predicted molar refractivity (Wildman–Crippen MR) is 141 cm³/mol. The van der Waals surface area contributed by atoms with E-state index in [0.717, 1.165) is 23.5 Å². The molecule has 0 atom stereocenters. The van der Waals surface area contributed by atoms with Gasteiger partial charge in [0.1, 0.15) is 34.7 Å². The molecule has 0 spiro atoms. The number of nitrogens with two attached hydrogens (primary N) is 1. The van der Waals surface area contributed by atoms with Crippen LogP contribution in [0.5, 0.6) is 5.75 Å². The van der Waals surface area contributed by atoms with Gasteiger partial charge in [0.05, 0.1) is 10.5 Å². The Morgan fingerprint density at radius 1 is 1.13 bits per heavy atom. The van der Waals surface area contributed by atoms with Gasteiger partial charge >= 0.3 is 0 Å². The third-order valence-corrected chi connectivity index (χ3v) is 9.12. The van der Waals surface area contributed by atoms with Crippen LogP contribution in [-0.2, 0) is 19.5 Å². The molecular formula is C25H28F2N4O6S2. The smallest absolute Gasteiger partial charge is 0.243 e. The Hall–Kier alpha value is -3.17. The Kier molecular flexibility index (Phi) is 9.12. The monoisotopic (exact) mass is 582 g/mol. The number of rotatable bonds is 11. The van der Waals surface area contributed by atoms with Gasteiger partial charge in [-0.25, -0.2) is 22.2 Å². The second-order valence-corrected chi connectivity index (χ2v) is 11.6. The van der Waals surface area contributed by atoms with Crippen LogP contribution in [-0.4, -0.2) is 69.7 Å². The van der Waals surface area contributed by atoms with Crippen LogP contribution in [0, 0.1) is 11.6 Å². The number of carbonyl (C=O) groups is 1. The van der Waals surface area contributed by atoms with Gasteiger partial charge in [-0.2, -0.15) is 4.31 Å². The number of hydrogen-bond acceptors (Lipinski definition) is 10. The minimum Gasteiger partial charge on any atom is -0.488 e. The number of halogens is 2. The van der Waals surface area contributed by atoms with Gasteiger partial charge in [-0.3, -0.25) is 4.79 Å². The van der Waals surface area contributed by atoms with E-state index in [4.69, 9.17) is 19.9 Å². The Morgan fingerprint density at radius 2 is 1.74 bits per heavy atom. The standard InChI is InChI=1S/C25H28F2N4O6S2/c1-35-20(36-2)14-37-16-6-8-17(9-7-16)39(33,34)31-12-10-15(11-13-31)29-25-30-24(28)23(38-25)22(32)21-18(26)4-3-5-19(21)27/h3-9,15,20H,10-14,28H2,1-2H3,(H,29,30). The summed E-state index contributed by atoms with van der Waals surface area (Å²) < 4.78 is 71.5. The Morgan fingerprint density at radius 3 is 2.33 bits per heavy atom. The molecule has 0 radical (unpaired) electrons. The topological polar surface area (TPSA) is 133 Å². The van der Waals surface area contributed by atoms with E-state index in [9.17, 15) is 22.0 Å². The lowest BCUT2D eigenvalue weighted by atomic mass is 10.1. The third kappa shape index (κ3) is 6.53. The number of nitrogen functional groups attached to an aromatic ring is 1. The first kappa shape index (κ1) is 28.8. The summed E-state index contributed by atoms with van der Waals surface area (Å²) >= 11 is 0.897. The fourth-order valence-corrected chi connectivity index (χ4v) is 6.43. The SMILES string of the molecule is COC(COc1ccc(S(=O)(=O)N2CCC(Nc3nc(N)c(C(=O)c4c(F)cccc4F)s3)CC2)cc1)OC. The van der Waals surface area contributed by atoms with Gasteiger partial charge in [0.2, 0.25) is 15.8 Å². The maximum atomic E-state index is 14.1. The van der Waals surface area contributed by atoms with Crippen molar-refractivity contribution in [3.8, 4) is 5.75 Å². The first-order valence-electron chi connectivity index (χ1n) is 11.9. The molecule has 3 N–H and O–H groups in total. The van der Waals surface area contributed by atoms with Crippen molar-refractivity contribution in [2.24, 2.45) is 0 Å². The third-order valence-electron chi connectivity index (χ3n) is 6.20. The van der Waals surface area contributed by atoms with E-state index < -0.39 is 39.3 Å². The van der Waals surface area contributed by atoms with E-state index in [0.29, 0.717) is 23.7 Å². The van der Waals surface area contributed by atoms with Gasteiger partial charge in [-0.15, -0.1) is 0 Å². The van der Waals surface area contributed by atoms with Crippen LogP contribution in [0.25, 0.3) is 0 Å². The normalized spacial score (nSPS) is 15.0. The summed E-state index contributed by atoms with van der Waals surface area (Å²) in [6.45, 7) is 0.670. The molecule has 0 bridgehead atoms. The quantitative estimate of drug-likeness (QED) is 0.257. The number of nitrogens with one attached hydrogen (secondary N) is 1. The fourth-order valence-electron chi connectivity index (χ4n) is 4.05. The van der Waals surface area contributed by atoms with Crippen molar-refractivity contribution in [2.75, 3.05) is 45.0 Å². The maximum absolute atomic E-state index is 14.1. The second-order valence-electron chi connectivity index (χ2n) is 8.67. The van der Waals surface area contributed by atoms with Crippen molar-refractivity contribution in [2.45, 2.75) is 30.1 Å². The summed E-state index contributed by atoms with van der Waals surface area (Å²) in [5.41, 5.74) is 5.18. The molecule has 1 saturated heterocycles. The number of carbonyl (C=O) groups excluding carboxylic acids is 1. The minimum atomic E-state index is -3.72. The first-order valence-corrected chi connectivity index (χ1v) is 14.2. The average molecular weight is 583 g/mol. The molecule has 39 heavy (non-hydrogen) atoms. The van der Waals surface area contributed by atoms with Gasteiger partial charge < -0.3 is 25.3 Å². The lowest BCUT2D eigenvalue weighted by Gasteiger charge is -2.31. The van der Waals surface area contributed by atoms with Crippen molar-refractivity contribution >= 4 is 38.1 Å². The maximum Gasteiger partial charge on any atom is 0.243 e. The zero-order chi connectivity index (χ0) is 28.2. The molecule has 3 aromatic rings. The minimum absolute atomic E-state index is 0.0751. The molecule has 1 fully saturated rings. The van der Waals surface area contributed by atoms with Crippen molar-refractivity contribution in [1.29, 1.82) is 0 Å². The molecule has 2 heterocycles. The molecule has 0 saturated carbocycles. The van der Waals surface area contributed by atoms with Crippen molar-refractivity contribution < 1.29 is 36.2 Å². The molecular weight excluding hydrogens is 554 g/mol. The van der Waals surface area contributed by atoms with Gasteiger partial charge in [0.15, 0.2) is 11.4 Å². The molecule has 0 amide bonds. The van der Waals surface area contributed by atoms with E-state index in [1.807, 2.05) is 0 Å². The summed E-state index contributed by atoms with van der Waals surface area (Å²) in [7, 11) is -0.730. The summed E-state index contributed by atoms with van der Waals surface area (Å²) in [6.07, 6.45) is 0.409. The zero-order valence-electron chi connectivity index (χ0n) is 21.2. The number of anilines is 2. The van der Waals surface area contributed by atoms with Crippen LogP contribution >= 0.6 is 11.3 Å². The summed E-state index contributed by atoms with van der Waals surface area (Å²) in [4.78, 5) is 16.9. The van der Waals surface area contributed by atoms with E-state index in [1.165, 1.54) is 36.7 Å². The second kappa shape index (κ2) is 12.3. The molecule has 4 rings (SSSR count). The number of methoxy groups -OCH3 is 2. The van der Waals surface area contributed by atoms with Gasteiger partial charge in [0, 0.05) is 33.4 Å². The highest BCUT2D eigenvalue weighted by molar-refractivity contribution is 7.89. The lowest BCUT2D eigenvalue weighted by molar-refractivity contribution is -0.121. The van der Waals surface area contributed by atoms with Gasteiger partial charge in [-0.1, -0.05) is 17.4 Å². The molecule has 210 valence electrons. The lowest BCUT2D eigenvalue weighted by Crippen LogP contribution is -2.42. The summed E-state index contributed by atoms with van der Waals surface area (Å²) in [6, 6.07) is 9.14. The number of nitrogens with zero attached hydrogens (tertiary/aromatic N) is 2. The van der Waals surface area contributed by atoms with Crippen molar-refractivity contribution in [3.05, 3.63) is 64.5 Å². The number of sulfonamides is 1. The number of hydrogen-bond donors (Lipinski definition) is 2. The van der Waals surface area contributed by atoms with Crippen molar-refractivity contribution in [1.82, 2.24) is 9.29 Å². The predicted octanol–water partition coefficient (Wildman–Crippen LogP) is 3.50. The van der Waals surface area contributed by atoms with E-state index in [2.05, 4.69) is 10.3 Å². The molecule has 1 aliphatic heterocycles. The van der Waals surface area contributed by atoms with Gasteiger partial charge in [0.25, 0.3) is 0 Å². The summed E-state index contributed by atoms with van der Waals surface area (Å²) in [5, 5.41) is 3.47. The number of ether oxygens (including phenoxy) is 3. The number of aromatic nitrogens is 1. The van der Waals surface area contributed by atoms with Crippen LogP contribution in [0.2, 0.25) is 0 Å². The first-order chi connectivity index (χ1) is 18.6. The summed E-state index contributed by atoms with van der Waals surface area (Å²) in [5.74, 6) is -2.51. The number of benzene rings is 2. The van der Waals surface area contributed by atoms with Crippen LogP contribution in [0.15, 0.2) is 47.4 Å². The molecule has 14 heteroatoms. The average Bonchev–Trinajstić information content (AvgIpc) is 3.29. The number of ketones is 1. The molecule has 0 unspecified atom stereocenters. The molecule has 0 aliphatic carbocycles. The Labute approximate surface area is 228 Å². The fraction of sp³-hybridized carbons (Fsp3) is 0.360. The van der Waals surface area contributed by atoms with Crippen molar-refractivity contribution in [3.63, 3.8) is 0 Å². The largest absolute Gasteiger partial charge is 0.488 e. The molecule has 1 aromatic heterocycles. The van der Waals surface area contributed by atoms with Crippen LogP contribution in [0.1, 0.15) is 28.1 Å². The highest BCUT2D eigenvalue weighted by atomic mass is 32.2. The Bertz CT molecular complexity index is 1390. The Balaban J connectivity index is 1.35. The van der Waals surface area contributed by atoms with Gasteiger partial charge in [-0.05, 0) is 49.2 Å². The van der Waals surface area contributed by atoms with Crippen LogP contribution in [0.4, 0.5) is 19.7 Å². The van der Waals surface area contributed by atoms with Crippen LogP contribution < -0.4 is 15.8 Å². The molecule has 10 nitrogen and oxygen atoms in total. The highest BCUT2D eigenvalue weighted by Crippen LogP contribution is 2.31. The zero-order valence-corrected chi connectivity index (χ0v) is 22.9.